The van der Waals surface area contributed by atoms with E-state index in [1.807, 2.05) is 6.92 Å². The van der Waals surface area contributed by atoms with E-state index in [4.69, 9.17) is 0 Å². The molecule has 0 radical (unpaired) electrons. The number of aliphatic hydroxyl groups excluding tert-OH is 2. The van der Waals surface area contributed by atoms with E-state index in [1.54, 1.807) is 0 Å². The molecular formula is C8H17NO4S. The maximum absolute atomic E-state index is 10.6. The van der Waals surface area contributed by atoms with Gasteiger partial charge in [-0.3, -0.25) is 0 Å². The van der Waals surface area contributed by atoms with Gasteiger partial charge >= 0.3 is 0 Å². The van der Waals surface area contributed by atoms with Crippen molar-refractivity contribution >= 4 is 10.9 Å². The van der Waals surface area contributed by atoms with Crippen molar-refractivity contribution in [2.24, 2.45) is 11.8 Å². The third-order valence-electron chi connectivity index (χ3n) is 2.87. The van der Waals surface area contributed by atoms with Gasteiger partial charge in [-0.15, -0.1) is 0 Å². The van der Waals surface area contributed by atoms with Crippen LogP contribution in [-0.4, -0.2) is 48.7 Å². The van der Waals surface area contributed by atoms with Crippen LogP contribution in [0.2, 0.25) is 0 Å². The number of rotatable bonds is 3. The molecule has 0 aromatic heterocycles. The molecule has 0 unspecified atom stereocenters. The molecule has 0 aromatic carbocycles. The molecule has 6 heteroatoms. The van der Waals surface area contributed by atoms with Crippen molar-refractivity contribution in [3.05, 3.63) is 0 Å². The van der Waals surface area contributed by atoms with Gasteiger partial charge in [-0.25, -0.2) is 12.7 Å². The summed E-state index contributed by atoms with van der Waals surface area (Å²) in [5, 5.41) is 19.1. The molecule has 2 N–H and O–H groups in total. The molecule has 1 saturated carbocycles. The average Bonchev–Trinajstić information content (AvgIpc) is 2.33. The Labute approximate surface area is 85.4 Å². The Hall–Kier alpha value is -0.170. The van der Waals surface area contributed by atoms with Crippen LogP contribution in [0.5, 0.6) is 0 Å². The fraction of sp³-hybridized carbons (Fsp3) is 1.00. The summed E-state index contributed by atoms with van der Waals surface area (Å²) in [5.41, 5.74) is 0. The lowest BCUT2D eigenvalue weighted by molar-refractivity contribution is 0.00485. The fourth-order valence-corrected chi connectivity index (χ4v) is 2.30. The summed E-state index contributed by atoms with van der Waals surface area (Å²) >= 11 is 0. The van der Waals surface area contributed by atoms with E-state index in [-0.39, 0.29) is 18.4 Å². The Kier molecular flexibility index (Phi) is 3.88. The molecule has 1 rings (SSSR count). The van der Waals surface area contributed by atoms with Gasteiger partial charge in [0.2, 0.25) is 10.9 Å². The molecule has 0 aromatic rings. The van der Waals surface area contributed by atoms with Crippen LogP contribution in [0, 0.1) is 11.8 Å². The Morgan fingerprint density at radius 3 is 2.29 bits per heavy atom. The standard InChI is InChI=1S/C8H17NO4S/c1-5-3-6(8(11)7(5)10)4-9(2)14(12)13/h5-8,10-11,14H,3-4H2,1-2H3/t5-,6-,7+,8-/m1/s1. The van der Waals surface area contributed by atoms with Crippen molar-refractivity contribution in [1.82, 2.24) is 4.31 Å². The number of hydrogen-bond acceptors (Lipinski definition) is 4. The molecule has 0 amide bonds. The second-order valence-corrected chi connectivity index (χ2v) is 5.19. The lowest BCUT2D eigenvalue weighted by Crippen LogP contribution is -2.33. The third-order valence-corrected chi connectivity index (χ3v) is 3.59. The monoisotopic (exact) mass is 223 g/mol. The Morgan fingerprint density at radius 2 is 1.93 bits per heavy atom. The summed E-state index contributed by atoms with van der Waals surface area (Å²) in [6.07, 6.45) is -0.865. The summed E-state index contributed by atoms with van der Waals surface area (Å²) in [4.78, 5) is 0. The predicted octanol–water partition coefficient (Wildman–Crippen LogP) is -1.18. The molecule has 5 nitrogen and oxygen atoms in total. The van der Waals surface area contributed by atoms with E-state index in [9.17, 15) is 18.6 Å². The zero-order valence-electron chi connectivity index (χ0n) is 8.33. The summed E-state index contributed by atoms with van der Waals surface area (Å²) in [6, 6.07) is 0. The van der Waals surface area contributed by atoms with Crippen molar-refractivity contribution in [3.8, 4) is 0 Å². The van der Waals surface area contributed by atoms with Gasteiger partial charge in [0.15, 0.2) is 0 Å². The first-order valence-electron chi connectivity index (χ1n) is 4.65. The van der Waals surface area contributed by atoms with Gasteiger partial charge in [-0.05, 0) is 12.3 Å². The number of hydrogen-bond donors (Lipinski definition) is 3. The normalized spacial score (nSPS) is 38.4. The van der Waals surface area contributed by atoms with Crippen molar-refractivity contribution in [2.45, 2.75) is 25.6 Å². The van der Waals surface area contributed by atoms with Gasteiger partial charge in [0.25, 0.3) is 0 Å². The van der Waals surface area contributed by atoms with Gasteiger partial charge < -0.3 is 10.2 Å². The second-order valence-electron chi connectivity index (χ2n) is 4.03. The largest absolute Gasteiger partial charge is 0.390 e. The minimum atomic E-state index is -2.58. The molecule has 1 fully saturated rings. The van der Waals surface area contributed by atoms with E-state index >= 15 is 0 Å². The lowest BCUT2D eigenvalue weighted by atomic mass is 10.1. The van der Waals surface area contributed by atoms with Crippen LogP contribution in [0.15, 0.2) is 0 Å². The predicted molar refractivity (Wildman–Crippen MR) is 52.2 cm³/mol. The lowest BCUT2D eigenvalue weighted by Gasteiger charge is -2.19. The first-order valence-corrected chi connectivity index (χ1v) is 5.78. The van der Waals surface area contributed by atoms with E-state index < -0.39 is 23.1 Å². The smallest absolute Gasteiger partial charge is 0.203 e. The molecule has 84 valence electrons. The molecule has 0 saturated heterocycles. The molecular weight excluding hydrogens is 206 g/mol. The zero-order chi connectivity index (χ0) is 10.9. The highest BCUT2D eigenvalue weighted by Crippen LogP contribution is 2.31. The maximum Gasteiger partial charge on any atom is 0.203 e. The Bertz CT molecular complexity index is 260. The molecule has 0 spiro atoms. The molecule has 14 heavy (non-hydrogen) atoms. The average molecular weight is 223 g/mol. The van der Waals surface area contributed by atoms with Crippen LogP contribution in [0.3, 0.4) is 0 Å². The van der Waals surface area contributed by atoms with Gasteiger partial charge in [-0.1, -0.05) is 6.92 Å². The maximum atomic E-state index is 10.6. The highest BCUT2D eigenvalue weighted by molar-refractivity contribution is 7.69. The molecule has 0 bridgehead atoms. The Morgan fingerprint density at radius 1 is 1.36 bits per heavy atom. The van der Waals surface area contributed by atoms with Gasteiger partial charge in [-0.2, -0.15) is 0 Å². The minimum Gasteiger partial charge on any atom is -0.390 e. The van der Waals surface area contributed by atoms with Crippen LogP contribution >= 0.6 is 0 Å². The first kappa shape index (κ1) is 11.9. The third kappa shape index (κ3) is 2.44. The van der Waals surface area contributed by atoms with Crippen molar-refractivity contribution in [1.29, 1.82) is 0 Å². The zero-order valence-corrected chi connectivity index (χ0v) is 9.22. The van der Waals surface area contributed by atoms with Gasteiger partial charge in [0, 0.05) is 19.5 Å². The van der Waals surface area contributed by atoms with Crippen molar-refractivity contribution in [2.75, 3.05) is 13.6 Å². The summed E-state index contributed by atoms with van der Waals surface area (Å²) in [6.45, 7) is 2.13. The van der Waals surface area contributed by atoms with Gasteiger partial charge in [0.05, 0.1) is 12.2 Å². The van der Waals surface area contributed by atoms with Gasteiger partial charge in [0.1, 0.15) is 0 Å². The van der Waals surface area contributed by atoms with Crippen LogP contribution in [-0.2, 0) is 10.9 Å². The second kappa shape index (κ2) is 4.57. The number of nitrogens with zero attached hydrogens (tertiary/aromatic N) is 1. The van der Waals surface area contributed by atoms with Crippen molar-refractivity contribution < 1.29 is 18.6 Å². The molecule has 4 atom stereocenters. The van der Waals surface area contributed by atoms with E-state index in [0.29, 0.717) is 6.42 Å². The van der Waals surface area contributed by atoms with E-state index in [0.717, 1.165) is 0 Å². The Balaban J connectivity index is 2.55. The molecule has 0 heterocycles. The van der Waals surface area contributed by atoms with Crippen LogP contribution in [0.4, 0.5) is 0 Å². The topological polar surface area (TPSA) is 77.8 Å². The first-order chi connectivity index (χ1) is 6.43. The molecule has 1 aliphatic rings. The summed E-state index contributed by atoms with van der Waals surface area (Å²) in [7, 11) is -1.12. The summed E-state index contributed by atoms with van der Waals surface area (Å²) < 4.78 is 22.3. The van der Waals surface area contributed by atoms with Crippen LogP contribution in [0.1, 0.15) is 13.3 Å². The summed E-state index contributed by atoms with van der Waals surface area (Å²) in [5.74, 6) is -0.120. The van der Waals surface area contributed by atoms with Crippen LogP contribution < -0.4 is 0 Å². The number of aliphatic hydroxyl groups is 2. The van der Waals surface area contributed by atoms with Crippen molar-refractivity contribution in [3.63, 3.8) is 0 Å². The minimum absolute atomic E-state index is 0.0351. The quantitative estimate of drug-likeness (QED) is 0.526. The SMILES string of the molecule is C[C@@H]1C[C@H](CN(C)[SH](=O)=O)[C@@H](O)[C@H]1O. The molecule has 0 aliphatic heterocycles. The highest BCUT2D eigenvalue weighted by Gasteiger charge is 2.39. The fourth-order valence-electron chi connectivity index (χ4n) is 1.96. The van der Waals surface area contributed by atoms with E-state index in [2.05, 4.69) is 0 Å². The molecule has 1 aliphatic carbocycles. The number of thiol groups is 1. The van der Waals surface area contributed by atoms with Crippen LogP contribution in [0.25, 0.3) is 0 Å². The van der Waals surface area contributed by atoms with E-state index in [1.165, 1.54) is 11.4 Å². The highest BCUT2D eigenvalue weighted by atomic mass is 32.2.